The number of pyridine rings is 2. The highest BCUT2D eigenvalue weighted by molar-refractivity contribution is 6.31. The average molecular weight is 498 g/mol. The molecule has 1 amide bonds. The number of halogens is 1. The number of nitrogens with one attached hydrogen (secondary N) is 2. The molecule has 36 heavy (non-hydrogen) atoms. The predicted octanol–water partition coefficient (Wildman–Crippen LogP) is 4.38. The number of aryl methyl sites for hydroxylation is 2. The smallest absolute Gasteiger partial charge is 0.267 e. The second-order valence-electron chi connectivity index (χ2n) is 8.79. The molecule has 5 rings (SSSR count). The molecule has 180 valence electrons. The van der Waals surface area contributed by atoms with Gasteiger partial charge in [0.05, 0.1) is 17.5 Å². The van der Waals surface area contributed by atoms with Crippen molar-refractivity contribution in [3.8, 4) is 0 Å². The Bertz CT molecular complexity index is 1750. The summed E-state index contributed by atoms with van der Waals surface area (Å²) in [6.07, 6.45) is 1.65. The van der Waals surface area contributed by atoms with Crippen molar-refractivity contribution in [1.82, 2.24) is 19.3 Å². The number of nitrogens with zero attached hydrogens (tertiary/aromatic N) is 3. The van der Waals surface area contributed by atoms with Gasteiger partial charge < -0.3 is 9.88 Å². The summed E-state index contributed by atoms with van der Waals surface area (Å²) in [6, 6.07) is 20.3. The fraction of sp³-hybridized carbons (Fsp3) is 0.143. The summed E-state index contributed by atoms with van der Waals surface area (Å²) in [5.74, 6) is -0.441. The molecule has 0 aliphatic heterocycles. The lowest BCUT2D eigenvalue weighted by Crippen LogP contribution is -2.35. The monoisotopic (exact) mass is 497 g/mol. The zero-order chi connectivity index (χ0) is 25.4. The van der Waals surface area contributed by atoms with Crippen molar-refractivity contribution in [2.24, 2.45) is 0 Å². The Hall–Kier alpha value is -4.23. The molecule has 5 aromatic rings. The fourth-order valence-electron chi connectivity index (χ4n) is 4.20. The molecule has 0 aliphatic carbocycles. The molecule has 2 N–H and O–H groups in total. The number of hydrogen-bond acceptors (Lipinski definition) is 4. The minimum atomic E-state index is -0.441. The average Bonchev–Trinajstić information content (AvgIpc) is 2.87. The number of fused-ring (bicyclic) bond motifs is 2. The van der Waals surface area contributed by atoms with E-state index in [0.717, 1.165) is 22.3 Å². The lowest BCUT2D eigenvalue weighted by Gasteiger charge is -2.16. The van der Waals surface area contributed by atoms with Crippen molar-refractivity contribution in [2.75, 3.05) is 0 Å². The molecule has 0 fully saturated rings. The minimum absolute atomic E-state index is 0.0475. The van der Waals surface area contributed by atoms with E-state index in [2.05, 4.69) is 5.32 Å². The van der Waals surface area contributed by atoms with Gasteiger partial charge in [0, 0.05) is 17.8 Å². The summed E-state index contributed by atoms with van der Waals surface area (Å²) < 4.78 is 3.04. The van der Waals surface area contributed by atoms with Crippen LogP contribution in [0.1, 0.15) is 32.6 Å². The van der Waals surface area contributed by atoms with Gasteiger partial charge in [0.2, 0.25) is 0 Å². The van der Waals surface area contributed by atoms with Crippen LogP contribution in [0.5, 0.6) is 0 Å². The van der Waals surface area contributed by atoms with Gasteiger partial charge in [-0.3, -0.25) is 19.4 Å². The quantitative estimate of drug-likeness (QED) is 0.353. The van der Waals surface area contributed by atoms with Crippen molar-refractivity contribution in [3.05, 3.63) is 122 Å². The van der Waals surface area contributed by atoms with Gasteiger partial charge >= 0.3 is 0 Å². The SMILES string of the molecule is Cc1ccc(CNC(=O)c2cc3c(=O)n4cccc(C)c4nc3n(Cc3ccccc3Cl)c2=N)cc1. The van der Waals surface area contributed by atoms with Gasteiger partial charge in [-0.2, -0.15) is 0 Å². The molecule has 3 aromatic heterocycles. The molecule has 0 aliphatic rings. The maximum atomic E-state index is 13.5. The van der Waals surface area contributed by atoms with Gasteiger partial charge in [0.25, 0.3) is 11.5 Å². The first kappa shape index (κ1) is 23.5. The van der Waals surface area contributed by atoms with Crippen LogP contribution in [-0.2, 0) is 13.1 Å². The van der Waals surface area contributed by atoms with Crippen LogP contribution in [0.15, 0.2) is 77.7 Å². The van der Waals surface area contributed by atoms with E-state index < -0.39 is 5.91 Å². The van der Waals surface area contributed by atoms with Crippen LogP contribution in [0, 0.1) is 19.3 Å². The topological polar surface area (TPSA) is 92.2 Å². The normalized spacial score (nSPS) is 11.2. The number of amides is 1. The third-order valence-corrected chi connectivity index (χ3v) is 6.61. The summed E-state index contributed by atoms with van der Waals surface area (Å²) in [6.45, 7) is 4.36. The van der Waals surface area contributed by atoms with Crippen LogP contribution in [0.2, 0.25) is 5.02 Å². The fourth-order valence-corrected chi connectivity index (χ4v) is 4.40. The molecular formula is C28H24ClN5O2. The van der Waals surface area contributed by atoms with Crippen molar-refractivity contribution in [1.29, 1.82) is 5.41 Å². The highest BCUT2D eigenvalue weighted by Crippen LogP contribution is 2.19. The van der Waals surface area contributed by atoms with Gasteiger partial charge in [0.15, 0.2) is 0 Å². The van der Waals surface area contributed by atoms with E-state index in [1.165, 1.54) is 10.5 Å². The first-order valence-corrected chi connectivity index (χ1v) is 11.9. The van der Waals surface area contributed by atoms with Gasteiger partial charge in [0.1, 0.15) is 16.8 Å². The van der Waals surface area contributed by atoms with Crippen LogP contribution in [0.4, 0.5) is 0 Å². The van der Waals surface area contributed by atoms with Crippen molar-refractivity contribution >= 4 is 34.2 Å². The molecule has 0 unspecified atom stereocenters. The maximum absolute atomic E-state index is 13.5. The van der Waals surface area contributed by atoms with E-state index >= 15 is 0 Å². The molecule has 7 nitrogen and oxygen atoms in total. The van der Waals surface area contributed by atoms with Crippen LogP contribution in [-0.4, -0.2) is 19.9 Å². The predicted molar refractivity (Wildman–Crippen MR) is 140 cm³/mol. The molecule has 8 heteroatoms. The van der Waals surface area contributed by atoms with Gasteiger partial charge in [-0.15, -0.1) is 0 Å². The summed E-state index contributed by atoms with van der Waals surface area (Å²) in [5, 5.41) is 12.6. The molecule has 0 spiro atoms. The first-order valence-electron chi connectivity index (χ1n) is 11.5. The lowest BCUT2D eigenvalue weighted by molar-refractivity contribution is 0.0948. The zero-order valence-corrected chi connectivity index (χ0v) is 20.6. The highest BCUT2D eigenvalue weighted by atomic mass is 35.5. The molecule has 2 aromatic carbocycles. The molecule has 0 saturated carbocycles. The molecule has 0 atom stereocenters. The number of carbonyl (C=O) groups is 1. The highest BCUT2D eigenvalue weighted by Gasteiger charge is 2.18. The first-order chi connectivity index (χ1) is 17.3. The van der Waals surface area contributed by atoms with Gasteiger partial charge in [-0.1, -0.05) is 65.7 Å². The van der Waals surface area contributed by atoms with Crippen LogP contribution >= 0.6 is 11.6 Å². The van der Waals surface area contributed by atoms with E-state index in [0.29, 0.717) is 22.9 Å². The Kier molecular flexibility index (Phi) is 6.16. The summed E-state index contributed by atoms with van der Waals surface area (Å²) in [7, 11) is 0. The molecular weight excluding hydrogens is 474 g/mol. The van der Waals surface area contributed by atoms with E-state index in [9.17, 15) is 9.59 Å². The Morgan fingerprint density at radius 3 is 2.53 bits per heavy atom. The summed E-state index contributed by atoms with van der Waals surface area (Å²) in [4.78, 5) is 31.5. The van der Waals surface area contributed by atoms with Crippen LogP contribution < -0.4 is 16.4 Å². The molecule has 3 heterocycles. The molecule has 0 bridgehead atoms. The van der Waals surface area contributed by atoms with E-state index in [1.807, 2.05) is 62.4 Å². The second kappa shape index (κ2) is 9.43. The van der Waals surface area contributed by atoms with E-state index in [1.54, 1.807) is 22.9 Å². The van der Waals surface area contributed by atoms with Crippen LogP contribution in [0.3, 0.4) is 0 Å². The summed E-state index contributed by atoms with van der Waals surface area (Å²) >= 11 is 6.42. The number of hydrogen-bond donors (Lipinski definition) is 2. The van der Waals surface area contributed by atoms with Gasteiger partial charge in [-0.25, -0.2) is 4.98 Å². The third kappa shape index (κ3) is 4.29. The number of aromatic nitrogens is 3. The molecule has 0 radical (unpaired) electrons. The number of rotatable bonds is 5. The van der Waals surface area contributed by atoms with E-state index in [-0.39, 0.29) is 28.5 Å². The largest absolute Gasteiger partial charge is 0.348 e. The van der Waals surface area contributed by atoms with Crippen molar-refractivity contribution < 1.29 is 4.79 Å². The Morgan fingerprint density at radius 2 is 1.78 bits per heavy atom. The summed E-state index contributed by atoms with van der Waals surface area (Å²) in [5.41, 5.74) is 4.21. The Balaban J connectivity index is 1.68. The minimum Gasteiger partial charge on any atom is -0.348 e. The Labute approximate surface area is 212 Å². The number of benzene rings is 2. The zero-order valence-electron chi connectivity index (χ0n) is 19.9. The second-order valence-corrected chi connectivity index (χ2v) is 9.20. The van der Waals surface area contributed by atoms with Crippen molar-refractivity contribution in [3.63, 3.8) is 0 Å². The standard InChI is InChI=1S/C28H24ClN5O2/c1-17-9-11-19(12-10-17)15-31-27(35)21-14-22-26(32-25-18(2)6-5-13-33(25)28(22)36)34(24(21)30)16-20-7-3-4-8-23(20)29/h3-14,30H,15-16H2,1-2H3,(H,31,35). The van der Waals surface area contributed by atoms with Gasteiger partial charge in [-0.05, 0) is 48.7 Å². The number of carbonyl (C=O) groups excluding carboxylic acids is 1. The molecule has 0 saturated heterocycles. The van der Waals surface area contributed by atoms with Crippen molar-refractivity contribution in [2.45, 2.75) is 26.9 Å². The Morgan fingerprint density at radius 1 is 1.03 bits per heavy atom. The maximum Gasteiger partial charge on any atom is 0.267 e. The van der Waals surface area contributed by atoms with E-state index in [4.69, 9.17) is 22.0 Å². The van der Waals surface area contributed by atoms with Crippen LogP contribution in [0.25, 0.3) is 16.7 Å². The lowest BCUT2D eigenvalue weighted by atomic mass is 10.1. The third-order valence-electron chi connectivity index (χ3n) is 6.24.